The van der Waals surface area contributed by atoms with Gasteiger partial charge in [-0.25, -0.2) is 0 Å². The SMILES string of the molecule is Cc1ccc(COc2ccc([C@@H](C)O)cc2C)c(Cl)c1. The standard InChI is InChI=1S/C17H19ClO2/c1-11-4-5-15(16(18)8-11)10-20-17-7-6-14(13(3)19)9-12(17)2/h4-9,13,19H,10H2,1-3H3/t13-/m1/s1. The summed E-state index contributed by atoms with van der Waals surface area (Å²) in [5.41, 5.74) is 4.00. The van der Waals surface area contributed by atoms with Gasteiger partial charge in [0, 0.05) is 10.6 Å². The van der Waals surface area contributed by atoms with Crippen molar-refractivity contribution in [1.82, 2.24) is 0 Å². The molecule has 106 valence electrons. The van der Waals surface area contributed by atoms with E-state index >= 15 is 0 Å². The molecule has 20 heavy (non-hydrogen) atoms. The van der Waals surface area contributed by atoms with Crippen molar-refractivity contribution in [2.24, 2.45) is 0 Å². The Labute approximate surface area is 125 Å². The van der Waals surface area contributed by atoms with E-state index in [2.05, 4.69) is 0 Å². The minimum absolute atomic E-state index is 0.438. The van der Waals surface area contributed by atoms with Crippen molar-refractivity contribution < 1.29 is 9.84 Å². The number of rotatable bonds is 4. The van der Waals surface area contributed by atoms with Crippen LogP contribution in [0.25, 0.3) is 0 Å². The second kappa shape index (κ2) is 6.29. The lowest BCUT2D eigenvalue weighted by molar-refractivity contribution is 0.199. The number of hydrogen-bond acceptors (Lipinski definition) is 2. The molecule has 0 spiro atoms. The molecule has 2 nitrogen and oxygen atoms in total. The van der Waals surface area contributed by atoms with Gasteiger partial charge in [-0.2, -0.15) is 0 Å². The molecule has 0 aliphatic heterocycles. The Hall–Kier alpha value is -1.51. The first-order chi connectivity index (χ1) is 9.47. The molecule has 0 fully saturated rings. The molecule has 1 N–H and O–H groups in total. The summed E-state index contributed by atoms with van der Waals surface area (Å²) in [5.74, 6) is 0.811. The quantitative estimate of drug-likeness (QED) is 0.892. The Morgan fingerprint density at radius 1 is 1.15 bits per heavy atom. The molecule has 0 saturated carbocycles. The van der Waals surface area contributed by atoms with Crippen LogP contribution < -0.4 is 4.74 Å². The molecular formula is C17H19ClO2. The molecule has 0 bridgehead atoms. The van der Waals surface area contributed by atoms with Crippen LogP contribution in [0.3, 0.4) is 0 Å². The molecule has 0 amide bonds. The van der Waals surface area contributed by atoms with Crippen molar-refractivity contribution in [3.63, 3.8) is 0 Å². The summed E-state index contributed by atoms with van der Waals surface area (Å²) in [7, 11) is 0. The number of benzene rings is 2. The fraction of sp³-hybridized carbons (Fsp3) is 0.294. The maximum Gasteiger partial charge on any atom is 0.122 e. The van der Waals surface area contributed by atoms with Crippen molar-refractivity contribution in [3.05, 3.63) is 63.7 Å². The van der Waals surface area contributed by atoms with Gasteiger partial charge in [0.25, 0.3) is 0 Å². The van der Waals surface area contributed by atoms with Crippen molar-refractivity contribution >= 4 is 11.6 Å². The topological polar surface area (TPSA) is 29.5 Å². The Morgan fingerprint density at radius 2 is 1.90 bits per heavy atom. The van der Waals surface area contributed by atoms with E-state index in [1.165, 1.54) is 0 Å². The molecule has 2 aromatic carbocycles. The van der Waals surface area contributed by atoms with Gasteiger partial charge in [0.2, 0.25) is 0 Å². The van der Waals surface area contributed by atoms with Crippen LogP contribution in [0.4, 0.5) is 0 Å². The molecule has 0 aromatic heterocycles. The maximum absolute atomic E-state index is 9.55. The van der Waals surface area contributed by atoms with Gasteiger partial charge < -0.3 is 9.84 Å². The van der Waals surface area contributed by atoms with Crippen molar-refractivity contribution in [2.45, 2.75) is 33.5 Å². The third kappa shape index (κ3) is 3.53. The molecular weight excluding hydrogens is 272 g/mol. The number of hydrogen-bond donors (Lipinski definition) is 1. The summed E-state index contributed by atoms with van der Waals surface area (Å²) in [6.45, 7) is 6.17. The fourth-order valence-corrected chi connectivity index (χ4v) is 2.31. The average Bonchev–Trinajstić information content (AvgIpc) is 2.38. The molecule has 0 saturated heterocycles. The van der Waals surface area contributed by atoms with Crippen LogP contribution in [-0.2, 0) is 6.61 Å². The van der Waals surface area contributed by atoms with Crippen LogP contribution in [0.2, 0.25) is 5.02 Å². The molecule has 0 heterocycles. The number of aliphatic hydroxyl groups excluding tert-OH is 1. The smallest absolute Gasteiger partial charge is 0.122 e. The van der Waals surface area contributed by atoms with Crippen molar-refractivity contribution in [2.75, 3.05) is 0 Å². The molecule has 1 atom stereocenters. The van der Waals surface area contributed by atoms with Crippen LogP contribution in [0, 0.1) is 13.8 Å². The van der Waals surface area contributed by atoms with E-state index in [9.17, 15) is 5.11 Å². The molecule has 0 radical (unpaired) electrons. The fourth-order valence-electron chi connectivity index (χ4n) is 2.02. The first kappa shape index (κ1) is 14.9. The highest BCUT2D eigenvalue weighted by Gasteiger charge is 2.07. The van der Waals surface area contributed by atoms with E-state index in [-0.39, 0.29) is 0 Å². The Morgan fingerprint density at radius 3 is 2.50 bits per heavy atom. The normalized spacial score (nSPS) is 12.2. The third-order valence-electron chi connectivity index (χ3n) is 3.27. The van der Waals surface area contributed by atoms with Gasteiger partial charge in [0.05, 0.1) is 6.10 Å². The molecule has 2 rings (SSSR count). The van der Waals surface area contributed by atoms with E-state index in [1.807, 2.05) is 50.2 Å². The van der Waals surface area contributed by atoms with Gasteiger partial charge in [0.15, 0.2) is 0 Å². The van der Waals surface area contributed by atoms with Crippen LogP contribution in [0.15, 0.2) is 36.4 Å². The molecule has 0 unspecified atom stereocenters. The lowest BCUT2D eigenvalue weighted by atomic mass is 10.1. The second-order valence-corrected chi connectivity index (χ2v) is 5.49. The summed E-state index contributed by atoms with van der Waals surface area (Å²) in [6.07, 6.45) is -0.464. The number of halogens is 1. The van der Waals surface area contributed by atoms with Crippen LogP contribution >= 0.6 is 11.6 Å². The predicted molar refractivity (Wildman–Crippen MR) is 82.3 cm³/mol. The van der Waals surface area contributed by atoms with E-state index in [4.69, 9.17) is 16.3 Å². The van der Waals surface area contributed by atoms with E-state index in [0.717, 1.165) is 33.0 Å². The zero-order valence-electron chi connectivity index (χ0n) is 12.0. The molecule has 2 aromatic rings. The highest BCUT2D eigenvalue weighted by molar-refractivity contribution is 6.31. The lowest BCUT2D eigenvalue weighted by Gasteiger charge is -2.13. The summed E-state index contributed by atoms with van der Waals surface area (Å²) in [5, 5.41) is 10.3. The van der Waals surface area contributed by atoms with Gasteiger partial charge in [-0.05, 0) is 55.7 Å². The van der Waals surface area contributed by atoms with Crippen molar-refractivity contribution in [3.8, 4) is 5.75 Å². The zero-order chi connectivity index (χ0) is 14.7. The average molecular weight is 291 g/mol. The van der Waals surface area contributed by atoms with Gasteiger partial charge >= 0.3 is 0 Å². The second-order valence-electron chi connectivity index (χ2n) is 5.08. The molecule has 0 aliphatic carbocycles. The Balaban J connectivity index is 2.11. The highest BCUT2D eigenvalue weighted by Crippen LogP contribution is 2.25. The first-order valence-corrected chi connectivity index (χ1v) is 7.01. The van der Waals surface area contributed by atoms with Gasteiger partial charge in [-0.3, -0.25) is 0 Å². The Bertz CT molecular complexity index is 606. The number of aryl methyl sites for hydroxylation is 2. The van der Waals surface area contributed by atoms with Crippen LogP contribution in [0.5, 0.6) is 5.75 Å². The Kier molecular flexibility index (Phi) is 4.69. The summed E-state index contributed by atoms with van der Waals surface area (Å²) in [6, 6.07) is 11.6. The first-order valence-electron chi connectivity index (χ1n) is 6.64. The maximum atomic E-state index is 9.55. The summed E-state index contributed by atoms with van der Waals surface area (Å²) >= 11 is 6.19. The molecule has 0 aliphatic rings. The lowest BCUT2D eigenvalue weighted by Crippen LogP contribution is -1.99. The third-order valence-corrected chi connectivity index (χ3v) is 3.62. The van der Waals surface area contributed by atoms with E-state index in [0.29, 0.717) is 6.61 Å². The minimum Gasteiger partial charge on any atom is -0.489 e. The highest BCUT2D eigenvalue weighted by atomic mass is 35.5. The largest absolute Gasteiger partial charge is 0.489 e. The van der Waals surface area contributed by atoms with E-state index < -0.39 is 6.10 Å². The van der Waals surface area contributed by atoms with Crippen LogP contribution in [-0.4, -0.2) is 5.11 Å². The van der Waals surface area contributed by atoms with Gasteiger partial charge in [-0.1, -0.05) is 29.8 Å². The van der Waals surface area contributed by atoms with Gasteiger partial charge in [-0.15, -0.1) is 0 Å². The zero-order valence-corrected chi connectivity index (χ0v) is 12.7. The number of aliphatic hydroxyl groups is 1. The van der Waals surface area contributed by atoms with Crippen molar-refractivity contribution in [1.29, 1.82) is 0 Å². The summed E-state index contributed by atoms with van der Waals surface area (Å²) in [4.78, 5) is 0. The van der Waals surface area contributed by atoms with E-state index in [1.54, 1.807) is 6.92 Å². The predicted octanol–water partition coefficient (Wildman–Crippen LogP) is 4.59. The summed E-state index contributed by atoms with van der Waals surface area (Å²) < 4.78 is 5.81. The molecule has 3 heteroatoms. The monoisotopic (exact) mass is 290 g/mol. The minimum atomic E-state index is -0.464. The van der Waals surface area contributed by atoms with Crippen LogP contribution in [0.1, 0.15) is 35.3 Å². The number of ether oxygens (including phenoxy) is 1. The van der Waals surface area contributed by atoms with Gasteiger partial charge in [0.1, 0.15) is 12.4 Å².